The lowest BCUT2D eigenvalue weighted by atomic mass is 9.87. The second kappa shape index (κ2) is 8.09. The molecule has 2 atom stereocenters. The number of allylic oxidation sites excluding steroid dienone is 3. The van der Waals surface area contributed by atoms with E-state index in [-0.39, 0.29) is 0 Å². The minimum atomic E-state index is 0.316. The molecule has 0 saturated heterocycles. The Morgan fingerprint density at radius 3 is 2.22 bits per heavy atom. The summed E-state index contributed by atoms with van der Waals surface area (Å²) in [5, 5.41) is 0. The normalized spacial score (nSPS) is 19.2. The van der Waals surface area contributed by atoms with Gasteiger partial charge in [0.15, 0.2) is 0 Å². The van der Waals surface area contributed by atoms with E-state index in [2.05, 4.69) is 97.1 Å². The van der Waals surface area contributed by atoms with Gasteiger partial charge in [-0.05, 0) is 35.1 Å². The quantitative estimate of drug-likeness (QED) is 0.503. The molecule has 1 nitrogen and oxygen atoms in total. The molecular weight excluding hydrogens is 328 g/mol. The summed E-state index contributed by atoms with van der Waals surface area (Å²) in [6, 6.07) is 29.6. The first-order valence-electron chi connectivity index (χ1n) is 9.47. The fourth-order valence-electron chi connectivity index (χ4n) is 3.90. The molecule has 4 rings (SSSR count). The molecule has 3 aromatic rings. The Hall–Kier alpha value is -3.06. The second-order valence-corrected chi connectivity index (χ2v) is 6.96. The largest absolute Gasteiger partial charge is 0.496 e. The summed E-state index contributed by atoms with van der Waals surface area (Å²) in [4.78, 5) is 0. The van der Waals surface area contributed by atoms with Crippen molar-refractivity contribution in [2.75, 3.05) is 7.11 Å². The SMILES string of the molecule is COc1ccccc1[C@@H]1C=C(c2ccccc2)C[C@H]1/C=C/c1ccccc1. The Morgan fingerprint density at radius 1 is 0.815 bits per heavy atom. The van der Waals surface area contributed by atoms with Crippen LogP contribution in [-0.4, -0.2) is 7.11 Å². The first-order valence-corrected chi connectivity index (χ1v) is 9.47. The minimum absolute atomic E-state index is 0.316. The molecule has 0 amide bonds. The highest BCUT2D eigenvalue weighted by atomic mass is 16.5. The van der Waals surface area contributed by atoms with E-state index in [0.29, 0.717) is 11.8 Å². The lowest BCUT2D eigenvalue weighted by molar-refractivity contribution is 0.405. The van der Waals surface area contributed by atoms with Gasteiger partial charge < -0.3 is 4.74 Å². The average Bonchev–Trinajstić information content (AvgIpc) is 3.18. The zero-order valence-electron chi connectivity index (χ0n) is 15.6. The maximum Gasteiger partial charge on any atom is 0.122 e. The number of rotatable bonds is 5. The van der Waals surface area contributed by atoms with Crippen LogP contribution in [0.5, 0.6) is 5.75 Å². The van der Waals surface area contributed by atoms with Gasteiger partial charge in [0.2, 0.25) is 0 Å². The van der Waals surface area contributed by atoms with Crippen LogP contribution in [0.15, 0.2) is 97.1 Å². The van der Waals surface area contributed by atoms with Gasteiger partial charge in [-0.25, -0.2) is 0 Å². The average molecular weight is 352 g/mol. The number of benzene rings is 3. The second-order valence-electron chi connectivity index (χ2n) is 6.96. The van der Waals surface area contributed by atoms with E-state index < -0.39 is 0 Å². The third-order valence-corrected chi connectivity index (χ3v) is 5.28. The standard InChI is InChI=1S/C26H24O/c1-27-26-15-9-8-14-24(26)25-19-23(21-12-6-3-7-13-21)18-22(25)17-16-20-10-4-2-5-11-20/h2-17,19,22,25H,18H2,1H3/b17-16+/t22-,25-/m1/s1. The summed E-state index contributed by atoms with van der Waals surface area (Å²) in [5.74, 6) is 1.69. The molecule has 0 radical (unpaired) electrons. The summed E-state index contributed by atoms with van der Waals surface area (Å²) in [7, 11) is 1.75. The van der Waals surface area contributed by atoms with Crippen molar-refractivity contribution >= 4 is 11.6 Å². The smallest absolute Gasteiger partial charge is 0.122 e. The van der Waals surface area contributed by atoms with E-state index in [0.717, 1.165) is 12.2 Å². The van der Waals surface area contributed by atoms with Crippen molar-refractivity contribution in [2.45, 2.75) is 12.3 Å². The summed E-state index contributed by atoms with van der Waals surface area (Å²) in [6.45, 7) is 0. The molecule has 0 spiro atoms. The fourth-order valence-corrected chi connectivity index (χ4v) is 3.90. The molecule has 134 valence electrons. The van der Waals surface area contributed by atoms with Gasteiger partial charge in [-0.3, -0.25) is 0 Å². The van der Waals surface area contributed by atoms with Crippen molar-refractivity contribution in [1.82, 2.24) is 0 Å². The van der Waals surface area contributed by atoms with E-state index in [1.807, 2.05) is 6.07 Å². The highest BCUT2D eigenvalue weighted by Gasteiger charge is 2.29. The molecule has 0 N–H and O–H groups in total. The zero-order valence-corrected chi connectivity index (χ0v) is 15.6. The molecule has 0 aliphatic heterocycles. The minimum Gasteiger partial charge on any atom is -0.496 e. The van der Waals surface area contributed by atoms with Crippen LogP contribution in [0.4, 0.5) is 0 Å². The number of para-hydroxylation sites is 1. The molecule has 0 fully saturated rings. The lowest BCUT2D eigenvalue weighted by Gasteiger charge is -2.19. The van der Waals surface area contributed by atoms with E-state index >= 15 is 0 Å². The highest BCUT2D eigenvalue weighted by molar-refractivity contribution is 5.71. The predicted molar refractivity (Wildman–Crippen MR) is 114 cm³/mol. The van der Waals surface area contributed by atoms with Gasteiger partial charge in [-0.15, -0.1) is 0 Å². The Labute approximate surface area is 161 Å². The molecule has 0 saturated carbocycles. The third kappa shape index (κ3) is 3.88. The molecule has 0 heterocycles. The Balaban J connectivity index is 1.70. The molecule has 0 unspecified atom stereocenters. The first kappa shape index (κ1) is 17.4. The summed E-state index contributed by atoms with van der Waals surface area (Å²) in [6.07, 6.45) is 8.07. The summed E-state index contributed by atoms with van der Waals surface area (Å²) >= 11 is 0. The molecule has 3 aromatic carbocycles. The van der Waals surface area contributed by atoms with Crippen molar-refractivity contribution < 1.29 is 4.74 Å². The molecule has 0 aromatic heterocycles. The number of hydrogen-bond donors (Lipinski definition) is 0. The summed E-state index contributed by atoms with van der Waals surface area (Å²) < 4.78 is 5.66. The van der Waals surface area contributed by atoms with Gasteiger partial charge in [-0.1, -0.05) is 97.1 Å². The first-order chi connectivity index (χ1) is 13.3. The van der Waals surface area contributed by atoms with Crippen LogP contribution in [0, 0.1) is 5.92 Å². The Kier molecular flexibility index (Phi) is 5.20. The van der Waals surface area contributed by atoms with Crippen LogP contribution >= 0.6 is 0 Å². The van der Waals surface area contributed by atoms with E-state index in [1.54, 1.807) is 7.11 Å². The van der Waals surface area contributed by atoms with Gasteiger partial charge in [0.1, 0.15) is 5.75 Å². The fraction of sp³-hybridized carbons (Fsp3) is 0.154. The van der Waals surface area contributed by atoms with Crippen LogP contribution < -0.4 is 4.74 Å². The lowest BCUT2D eigenvalue weighted by Crippen LogP contribution is -2.05. The van der Waals surface area contributed by atoms with Gasteiger partial charge in [0.05, 0.1) is 7.11 Å². The Bertz CT molecular complexity index is 938. The van der Waals surface area contributed by atoms with Crippen LogP contribution in [0.3, 0.4) is 0 Å². The van der Waals surface area contributed by atoms with Crippen molar-refractivity contribution in [2.24, 2.45) is 5.92 Å². The van der Waals surface area contributed by atoms with Gasteiger partial charge in [0.25, 0.3) is 0 Å². The maximum absolute atomic E-state index is 5.66. The Morgan fingerprint density at radius 2 is 1.48 bits per heavy atom. The molecular formula is C26H24O. The monoisotopic (exact) mass is 352 g/mol. The van der Waals surface area contributed by atoms with Crippen LogP contribution in [0.1, 0.15) is 29.0 Å². The maximum atomic E-state index is 5.66. The van der Waals surface area contributed by atoms with Crippen LogP contribution in [0.2, 0.25) is 0 Å². The molecule has 0 bridgehead atoms. The number of methoxy groups -OCH3 is 1. The number of hydrogen-bond acceptors (Lipinski definition) is 1. The van der Waals surface area contributed by atoms with Crippen molar-refractivity contribution in [3.05, 3.63) is 114 Å². The van der Waals surface area contributed by atoms with E-state index in [4.69, 9.17) is 4.74 Å². The molecule has 1 aliphatic rings. The van der Waals surface area contributed by atoms with Gasteiger partial charge in [0, 0.05) is 11.5 Å². The van der Waals surface area contributed by atoms with Crippen molar-refractivity contribution in [3.63, 3.8) is 0 Å². The third-order valence-electron chi connectivity index (χ3n) is 5.28. The highest BCUT2D eigenvalue weighted by Crippen LogP contribution is 2.45. The van der Waals surface area contributed by atoms with Crippen LogP contribution in [-0.2, 0) is 0 Å². The van der Waals surface area contributed by atoms with E-state index in [1.165, 1.54) is 22.3 Å². The van der Waals surface area contributed by atoms with Crippen molar-refractivity contribution in [1.29, 1.82) is 0 Å². The molecule has 1 aliphatic carbocycles. The van der Waals surface area contributed by atoms with Gasteiger partial charge in [-0.2, -0.15) is 0 Å². The zero-order chi connectivity index (χ0) is 18.5. The van der Waals surface area contributed by atoms with Crippen molar-refractivity contribution in [3.8, 4) is 5.75 Å². The van der Waals surface area contributed by atoms with E-state index in [9.17, 15) is 0 Å². The van der Waals surface area contributed by atoms with Crippen LogP contribution in [0.25, 0.3) is 11.6 Å². The molecule has 27 heavy (non-hydrogen) atoms. The predicted octanol–water partition coefficient (Wildman–Crippen LogP) is 6.60. The number of ether oxygens (including phenoxy) is 1. The topological polar surface area (TPSA) is 9.23 Å². The van der Waals surface area contributed by atoms with Gasteiger partial charge >= 0.3 is 0 Å². The summed E-state index contributed by atoms with van der Waals surface area (Å²) in [5.41, 5.74) is 5.22. The molecule has 1 heteroatoms.